The van der Waals surface area contributed by atoms with Gasteiger partial charge in [0, 0.05) is 46.0 Å². The summed E-state index contributed by atoms with van der Waals surface area (Å²) >= 11 is 19.8. The highest BCUT2D eigenvalue weighted by molar-refractivity contribution is 7.84. The number of alkyl halides is 2. The Morgan fingerprint density at radius 2 is 1.84 bits per heavy atom. The third-order valence-electron chi connectivity index (χ3n) is 6.73. The molecule has 5 aromatic rings. The molecule has 0 aliphatic heterocycles. The maximum absolute atomic E-state index is 14.3. The van der Waals surface area contributed by atoms with Gasteiger partial charge in [0.05, 0.1) is 38.4 Å². The zero-order valence-electron chi connectivity index (χ0n) is 22.8. The van der Waals surface area contributed by atoms with Crippen LogP contribution in [-0.2, 0) is 28.2 Å². The van der Waals surface area contributed by atoms with Crippen molar-refractivity contribution in [2.24, 2.45) is 0 Å². The van der Waals surface area contributed by atoms with Crippen molar-refractivity contribution in [3.63, 3.8) is 0 Å². The molecule has 0 spiro atoms. The predicted molar refractivity (Wildman–Crippen MR) is 168 cm³/mol. The Hall–Kier alpha value is -2.76. The predicted octanol–water partition coefficient (Wildman–Crippen LogP) is 7.39. The summed E-state index contributed by atoms with van der Waals surface area (Å²) in [5, 5.41) is 19.1. The van der Waals surface area contributed by atoms with Crippen molar-refractivity contribution in [1.29, 1.82) is 0 Å². The quantitative estimate of drug-likeness (QED) is 0.104. The van der Waals surface area contributed by atoms with E-state index in [0.717, 1.165) is 6.92 Å². The Labute approximate surface area is 265 Å². The summed E-state index contributed by atoms with van der Waals surface area (Å²) in [5.41, 5.74) is 2.95. The van der Waals surface area contributed by atoms with Gasteiger partial charge in [0.2, 0.25) is 0 Å². The first kappa shape index (κ1) is 31.7. The third-order valence-corrected chi connectivity index (χ3v) is 9.16. The molecule has 2 unspecified atom stereocenters. The molecule has 8 nitrogen and oxygen atoms in total. The summed E-state index contributed by atoms with van der Waals surface area (Å²) in [6.45, 7) is 2.21. The van der Waals surface area contributed by atoms with Crippen LogP contribution in [-0.4, -0.2) is 40.3 Å². The van der Waals surface area contributed by atoms with Crippen molar-refractivity contribution in [3.8, 4) is 33.8 Å². The lowest BCUT2D eigenvalue weighted by atomic mass is 10.0. The molecule has 0 fully saturated rings. The minimum Gasteiger partial charge on any atom is -0.301 e. The summed E-state index contributed by atoms with van der Waals surface area (Å²) in [7, 11) is 1.11. The number of aromatic nitrogens is 5. The molecule has 1 N–H and O–H groups in total. The summed E-state index contributed by atoms with van der Waals surface area (Å²) < 4.78 is 44.2. The van der Waals surface area contributed by atoms with Gasteiger partial charge in [0.25, 0.3) is 5.92 Å². The van der Waals surface area contributed by atoms with Gasteiger partial charge in [-0.2, -0.15) is 8.78 Å². The van der Waals surface area contributed by atoms with E-state index in [0.29, 0.717) is 59.6 Å². The van der Waals surface area contributed by atoms with E-state index in [9.17, 15) is 13.0 Å². The first-order valence-electron chi connectivity index (χ1n) is 12.5. The first-order valence-corrected chi connectivity index (χ1v) is 15.7. The number of hydrogen-bond acceptors (Lipinski definition) is 6. The fourth-order valence-electron chi connectivity index (χ4n) is 4.68. The third kappa shape index (κ3) is 6.13. The van der Waals surface area contributed by atoms with Crippen LogP contribution < -0.4 is 5.30 Å². The van der Waals surface area contributed by atoms with Crippen LogP contribution in [0.2, 0.25) is 15.1 Å². The molecule has 2 aromatic heterocycles. The maximum atomic E-state index is 14.3. The SMILES string of the molecule is Cc1nc(C(C)(F)F)cn1-c1ccc(-c2cc(P)c(COO)c(S(C)=O)c2)c(Cl)c1-n1nncc1-c1ccc(Cl)cc1Cl. The van der Waals surface area contributed by atoms with E-state index in [1.54, 1.807) is 49.4 Å². The molecule has 0 saturated heterocycles. The number of nitrogens with zero attached hydrogens (tertiary/aromatic N) is 5. The normalized spacial score (nSPS) is 12.6. The molecule has 0 aliphatic rings. The Bertz CT molecular complexity index is 1890. The van der Waals surface area contributed by atoms with Crippen LogP contribution in [0.1, 0.15) is 24.0 Å². The smallest absolute Gasteiger partial charge is 0.288 e. The van der Waals surface area contributed by atoms with Gasteiger partial charge in [-0.3, -0.25) is 9.47 Å². The van der Waals surface area contributed by atoms with Crippen molar-refractivity contribution in [2.75, 3.05) is 6.26 Å². The highest BCUT2D eigenvalue weighted by atomic mass is 35.5. The van der Waals surface area contributed by atoms with Crippen LogP contribution >= 0.6 is 44.0 Å². The molecule has 5 rings (SSSR count). The fourth-order valence-corrected chi connectivity index (χ4v) is 6.87. The van der Waals surface area contributed by atoms with Crippen molar-refractivity contribution >= 4 is 60.1 Å². The van der Waals surface area contributed by atoms with Gasteiger partial charge < -0.3 is 4.57 Å². The number of imidazole rings is 1. The molecule has 43 heavy (non-hydrogen) atoms. The van der Waals surface area contributed by atoms with Crippen LogP contribution in [0.3, 0.4) is 0 Å². The van der Waals surface area contributed by atoms with Crippen molar-refractivity contribution in [3.05, 3.63) is 87.0 Å². The van der Waals surface area contributed by atoms with E-state index in [-0.39, 0.29) is 17.5 Å². The topological polar surface area (TPSA) is 95.1 Å². The molecule has 0 radical (unpaired) electrons. The Kier molecular flexibility index (Phi) is 9.07. The van der Waals surface area contributed by atoms with E-state index < -0.39 is 22.4 Å². The molecule has 2 atom stereocenters. The van der Waals surface area contributed by atoms with Crippen molar-refractivity contribution in [1.82, 2.24) is 24.5 Å². The van der Waals surface area contributed by atoms with E-state index in [2.05, 4.69) is 29.4 Å². The van der Waals surface area contributed by atoms with Crippen LogP contribution in [0.25, 0.3) is 33.8 Å². The largest absolute Gasteiger partial charge is 0.301 e. The van der Waals surface area contributed by atoms with Gasteiger partial charge in [-0.15, -0.1) is 14.3 Å². The van der Waals surface area contributed by atoms with Gasteiger partial charge in [0.15, 0.2) is 0 Å². The average Bonchev–Trinajstić information content (AvgIpc) is 3.56. The van der Waals surface area contributed by atoms with Crippen molar-refractivity contribution in [2.45, 2.75) is 31.3 Å². The van der Waals surface area contributed by atoms with Gasteiger partial charge in [-0.25, -0.2) is 14.6 Å². The lowest BCUT2D eigenvalue weighted by Crippen LogP contribution is -2.11. The fraction of sp³-hybridized carbons (Fsp3) is 0.179. The van der Waals surface area contributed by atoms with Crippen molar-refractivity contribution < 1.29 is 23.1 Å². The van der Waals surface area contributed by atoms with E-state index in [1.165, 1.54) is 27.9 Å². The Balaban J connectivity index is 1.82. The highest BCUT2D eigenvalue weighted by Crippen LogP contribution is 2.41. The second-order valence-corrected chi connectivity index (χ2v) is 12.8. The zero-order chi connectivity index (χ0) is 31.2. The highest BCUT2D eigenvalue weighted by Gasteiger charge is 2.30. The lowest BCUT2D eigenvalue weighted by molar-refractivity contribution is -0.253. The monoisotopic (exact) mass is 683 g/mol. The minimum absolute atomic E-state index is 0.166. The number of halogens is 5. The second kappa shape index (κ2) is 12.3. The molecular weight excluding hydrogens is 662 g/mol. The maximum Gasteiger partial charge on any atom is 0.288 e. The number of aryl methyl sites for hydroxylation is 1. The number of hydrogen-bond donors (Lipinski definition) is 1. The van der Waals surface area contributed by atoms with Gasteiger partial charge in [-0.1, -0.05) is 46.1 Å². The molecule has 15 heteroatoms. The van der Waals surface area contributed by atoms with Gasteiger partial charge in [0.1, 0.15) is 23.8 Å². The van der Waals surface area contributed by atoms with Gasteiger partial charge >= 0.3 is 0 Å². The van der Waals surface area contributed by atoms with Gasteiger partial charge in [-0.05, 0) is 54.2 Å². The minimum atomic E-state index is -3.18. The first-order chi connectivity index (χ1) is 20.3. The average molecular weight is 685 g/mol. The van der Waals surface area contributed by atoms with E-state index >= 15 is 0 Å². The van der Waals surface area contributed by atoms with Crippen LogP contribution in [0.15, 0.2) is 59.8 Å². The zero-order valence-corrected chi connectivity index (χ0v) is 27.0. The molecule has 3 aromatic carbocycles. The molecule has 0 saturated carbocycles. The van der Waals surface area contributed by atoms with Crippen LogP contribution in [0.5, 0.6) is 0 Å². The summed E-state index contributed by atoms with van der Waals surface area (Å²) in [4.78, 5) is 8.86. The Morgan fingerprint density at radius 1 is 1.12 bits per heavy atom. The number of benzene rings is 3. The molecule has 2 heterocycles. The lowest BCUT2D eigenvalue weighted by Gasteiger charge is -2.19. The summed E-state index contributed by atoms with van der Waals surface area (Å²) in [5.74, 6) is -2.90. The Morgan fingerprint density at radius 3 is 2.47 bits per heavy atom. The standard InChI is InChI=1S/C28H23Cl3F2N5O3PS/c1-14-35-25(28(2,32)33)12-37(14)21-7-6-17(15-8-23(42)19(13-41-39)24(9-15)43(3)40)26(31)27(21)38-22(11-34-36-38)18-5-4-16(29)10-20(18)30/h4-12,39H,13,42H2,1-3H3. The number of rotatable bonds is 8. The van der Waals surface area contributed by atoms with Crippen LogP contribution in [0, 0.1) is 6.92 Å². The molecule has 0 aliphatic carbocycles. The summed E-state index contributed by atoms with van der Waals surface area (Å²) in [6.07, 6.45) is 4.26. The molecular formula is C28H23Cl3F2N5O3PS. The second-order valence-electron chi connectivity index (χ2n) is 9.65. The summed E-state index contributed by atoms with van der Waals surface area (Å²) in [6, 6.07) is 11.9. The van der Waals surface area contributed by atoms with Crippen LogP contribution in [0.4, 0.5) is 8.78 Å². The van der Waals surface area contributed by atoms with E-state index in [4.69, 9.17) is 40.1 Å². The molecule has 0 bridgehead atoms. The van der Waals surface area contributed by atoms with E-state index in [1.807, 2.05) is 0 Å². The molecule has 0 amide bonds. The molecule has 224 valence electrons.